The Morgan fingerprint density at radius 3 is 2.94 bits per heavy atom. The summed E-state index contributed by atoms with van der Waals surface area (Å²) < 4.78 is 0. The van der Waals surface area contributed by atoms with Crippen molar-refractivity contribution in [1.82, 2.24) is 10.6 Å². The van der Waals surface area contributed by atoms with Crippen molar-refractivity contribution in [2.24, 2.45) is 5.92 Å². The van der Waals surface area contributed by atoms with Gasteiger partial charge in [-0.05, 0) is 17.4 Å². The van der Waals surface area contributed by atoms with E-state index in [-0.39, 0.29) is 18.0 Å². The number of rotatable bonds is 4. The van der Waals surface area contributed by atoms with Crippen LogP contribution in [0.2, 0.25) is 0 Å². The molecule has 1 aliphatic heterocycles. The van der Waals surface area contributed by atoms with Crippen molar-refractivity contribution < 1.29 is 4.79 Å². The summed E-state index contributed by atoms with van der Waals surface area (Å²) in [6.07, 6.45) is 0. The lowest BCUT2D eigenvalue weighted by molar-refractivity contribution is -0.123. The molecule has 0 bridgehead atoms. The molecule has 94 valence electrons. The molecular weight excluding hydrogens is 252 g/mol. The molecule has 3 nitrogen and oxygen atoms in total. The minimum atomic E-state index is -0.0267. The summed E-state index contributed by atoms with van der Waals surface area (Å²) in [6.45, 7) is 4.28. The van der Waals surface area contributed by atoms with Crippen LogP contribution in [0.25, 0.3) is 0 Å². The van der Waals surface area contributed by atoms with Gasteiger partial charge in [-0.3, -0.25) is 10.1 Å². The molecule has 0 aromatic carbocycles. The smallest absolute Gasteiger partial charge is 0.238 e. The average molecular weight is 270 g/mol. The Morgan fingerprint density at radius 2 is 2.41 bits per heavy atom. The van der Waals surface area contributed by atoms with Crippen molar-refractivity contribution in [3.63, 3.8) is 0 Å². The van der Waals surface area contributed by atoms with E-state index in [0.29, 0.717) is 5.92 Å². The van der Waals surface area contributed by atoms with Gasteiger partial charge in [0.05, 0.1) is 12.1 Å². The van der Waals surface area contributed by atoms with Gasteiger partial charge in [0.2, 0.25) is 5.91 Å². The first-order valence-corrected chi connectivity index (χ1v) is 7.87. The molecule has 0 aliphatic carbocycles. The minimum Gasteiger partial charge on any atom is -0.347 e. The number of carbonyl (C=O) groups excluding carboxylic acids is 1. The maximum atomic E-state index is 12.1. The zero-order chi connectivity index (χ0) is 12.3. The van der Waals surface area contributed by atoms with Crippen molar-refractivity contribution in [3.05, 3.63) is 22.4 Å². The first kappa shape index (κ1) is 12.9. The molecule has 1 saturated heterocycles. The van der Waals surface area contributed by atoms with Crippen LogP contribution in [0.5, 0.6) is 0 Å². The Kier molecular flexibility index (Phi) is 4.48. The molecule has 1 aliphatic rings. The lowest BCUT2D eigenvalue weighted by atomic mass is 10.0. The SMILES string of the molecule is CC(C)C(NC(=O)C1CSCN1)c1cccs1. The molecule has 0 spiro atoms. The summed E-state index contributed by atoms with van der Waals surface area (Å²) in [5, 5.41) is 8.41. The van der Waals surface area contributed by atoms with Gasteiger partial charge < -0.3 is 5.32 Å². The van der Waals surface area contributed by atoms with Gasteiger partial charge in [-0.1, -0.05) is 19.9 Å². The third kappa shape index (κ3) is 3.24. The highest BCUT2D eigenvalue weighted by Gasteiger charge is 2.26. The fraction of sp³-hybridized carbons (Fsp3) is 0.583. The van der Waals surface area contributed by atoms with Crippen molar-refractivity contribution in [2.75, 3.05) is 11.6 Å². The third-order valence-corrected chi connectivity index (χ3v) is 4.74. The van der Waals surface area contributed by atoms with E-state index in [1.807, 2.05) is 6.07 Å². The standard InChI is InChI=1S/C12H18N2OS2/c1-8(2)11(10-4-3-5-17-10)14-12(15)9-6-16-7-13-9/h3-5,8-9,11,13H,6-7H2,1-2H3,(H,14,15). The van der Waals surface area contributed by atoms with Crippen LogP contribution in [0.3, 0.4) is 0 Å². The summed E-state index contributed by atoms with van der Waals surface area (Å²) in [6, 6.07) is 4.23. The van der Waals surface area contributed by atoms with Crippen LogP contribution < -0.4 is 10.6 Å². The highest BCUT2D eigenvalue weighted by molar-refractivity contribution is 7.99. The molecule has 5 heteroatoms. The molecule has 2 atom stereocenters. The van der Waals surface area contributed by atoms with Crippen LogP contribution in [0.4, 0.5) is 0 Å². The van der Waals surface area contributed by atoms with Gasteiger partial charge in [0.15, 0.2) is 0 Å². The van der Waals surface area contributed by atoms with Crippen LogP contribution in [0, 0.1) is 5.92 Å². The summed E-state index contributed by atoms with van der Waals surface area (Å²) >= 11 is 3.48. The van der Waals surface area contributed by atoms with E-state index >= 15 is 0 Å². The van der Waals surface area contributed by atoms with Gasteiger partial charge in [0.25, 0.3) is 0 Å². The van der Waals surface area contributed by atoms with Gasteiger partial charge in [0, 0.05) is 16.5 Å². The molecule has 1 amide bonds. The van der Waals surface area contributed by atoms with Crippen molar-refractivity contribution in [2.45, 2.75) is 25.9 Å². The van der Waals surface area contributed by atoms with E-state index in [4.69, 9.17) is 0 Å². The predicted octanol–water partition coefficient (Wildman–Crippen LogP) is 2.22. The maximum absolute atomic E-state index is 12.1. The minimum absolute atomic E-state index is 0.0267. The first-order valence-electron chi connectivity index (χ1n) is 5.83. The van der Waals surface area contributed by atoms with Gasteiger partial charge >= 0.3 is 0 Å². The molecule has 0 radical (unpaired) electrons. The number of hydrogen-bond donors (Lipinski definition) is 2. The lowest BCUT2D eigenvalue weighted by Crippen LogP contribution is -2.44. The molecule has 1 fully saturated rings. The van der Waals surface area contributed by atoms with Gasteiger partial charge in [-0.2, -0.15) is 0 Å². The molecule has 2 unspecified atom stereocenters. The molecule has 2 N–H and O–H groups in total. The Morgan fingerprint density at radius 1 is 1.59 bits per heavy atom. The molecule has 0 saturated carbocycles. The number of thioether (sulfide) groups is 1. The number of thiophene rings is 1. The summed E-state index contributed by atoms with van der Waals surface area (Å²) in [4.78, 5) is 13.3. The zero-order valence-electron chi connectivity index (χ0n) is 10.1. The summed E-state index contributed by atoms with van der Waals surface area (Å²) in [7, 11) is 0. The highest BCUT2D eigenvalue weighted by Crippen LogP contribution is 2.26. The second kappa shape index (κ2) is 5.89. The fourth-order valence-corrected chi connectivity index (χ4v) is 3.74. The Bertz CT molecular complexity index is 359. The topological polar surface area (TPSA) is 41.1 Å². The van der Waals surface area contributed by atoms with Crippen LogP contribution in [0.15, 0.2) is 17.5 Å². The Hall–Kier alpha value is -0.520. The van der Waals surface area contributed by atoms with Crippen LogP contribution in [-0.2, 0) is 4.79 Å². The second-order valence-electron chi connectivity index (χ2n) is 4.52. The monoisotopic (exact) mass is 270 g/mol. The number of carbonyl (C=O) groups is 1. The van der Waals surface area contributed by atoms with Crippen molar-refractivity contribution in [1.29, 1.82) is 0 Å². The molecule has 2 heterocycles. The second-order valence-corrected chi connectivity index (χ2v) is 6.53. The van der Waals surface area contributed by atoms with Crippen molar-refractivity contribution in [3.8, 4) is 0 Å². The van der Waals surface area contributed by atoms with Crippen LogP contribution >= 0.6 is 23.1 Å². The molecular formula is C12H18N2OS2. The zero-order valence-corrected chi connectivity index (χ0v) is 11.7. The fourth-order valence-electron chi connectivity index (χ4n) is 1.85. The van der Waals surface area contributed by atoms with Gasteiger partial charge in [0.1, 0.15) is 0 Å². The van der Waals surface area contributed by atoms with Gasteiger partial charge in [-0.15, -0.1) is 23.1 Å². The predicted molar refractivity (Wildman–Crippen MR) is 74.3 cm³/mol. The largest absolute Gasteiger partial charge is 0.347 e. The average Bonchev–Trinajstić information content (AvgIpc) is 2.97. The molecule has 17 heavy (non-hydrogen) atoms. The normalized spacial score (nSPS) is 21.7. The number of nitrogens with one attached hydrogen (secondary N) is 2. The maximum Gasteiger partial charge on any atom is 0.238 e. The van der Waals surface area contributed by atoms with E-state index in [1.54, 1.807) is 23.1 Å². The Labute approximate surface area is 110 Å². The van der Waals surface area contributed by atoms with Crippen molar-refractivity contribution >= 4 is 29.0 Å². The summed E-state index contributed by atoms with van der Waals surface area (Å²) in [5.41, 5.74) is 0. The number of amides is 1. The molecule has 1 aromatic heterocycles. The third-order valence-electron chi connectivity index (χ3n) is 2.85. The number of hydrogen-bond acceptors (Lipinski definition) is 4. The van der Waals surface area contributed by atoms with Crippen LogP contribution in [-0.4, -0.2) is 23.6 Å². The highest BCUT2D eigenvalue weighted by atomic mass is 32.2. The molecule has 2 rings (SSSR count). The molecule has 1 aromatic rings. The van der Waals surface area contributed by atoms with E-state index in [0.717, 1.165) is 11.6 Å². The first-order chi connectivity index (χ1) is 8.18. The lowest BCUT2D eigenvalue weighted by Gasteiger charge is -2.23. The van der Waals surface area contributed by atoms with E-state index in [9.17, 15) is 4.79 Å². The Balaban J connectivity index is 2.00. The van der Waals surface area contributed by atoms with E-state index in [1.165, 1.54) is 4.88 Å². The quantitative estimate of drug-likeness (QED) is 0.881. The summed E-state index contributed by atoms with van der Waals surface area (Å²) in [5.74, 6) is 2.29. The van der Waals surface area contributed by atoms with Crippen LogP contribution in [0.1, 0.15) is 24.8 Å². The van der Waals surface area contributed by atoms with Gasteiger partial charge in [-0.25, -0.2) is 0 Å². The van der Waals surface area contributed by atoms with E-state index < -0.39 is 0 Å². The van der Waals surface area contributed by atoms with E-state index in [2.05, 4.69) is 35.9 Å².